The lowest BCUT2D eigenvalue weighted by molar-refractivity contribution is 0.158. The Kier molecular flexibility index (Phi) is 8.26. The molecule has 0 aromatic heterocycles. The third kappa shape index (κ3) is 7.58. The van der Waals surface area contributed by atoms with Gasteiger partial charge in [-0.15, -0.1) is 0 Å². The number of carbonyl (C=O) groups is 3. The standard InChI is InChI=1S/C14H16FN3O5S/c1-22-13(20)17-11(19)16-12(24-2)18-14(21)23-8-7-9-3-5-10(15)6-4-9/h3-6H,7-8H2,1-2H3,(H2,16,17,18,19,20,21). The van der Waals surface area contributed by atoms with Gasteiger partial charge in [-0.05, 0) is 24.0 Å². The first-order chi connectivity index (χ1) is 11.4. The van der Waals surface area contributed by atoms with Crippen LogP contribution in [0.15, 0.2) is 29.3 Å². The average Bonchev–Trinajstić information content (AvgIpc) is 2.55. The summed E-state index contributed by atoms with van der Waals surface area (Å²) in [4.78, 5) is 37.4. The lowest BCUT2D eigenvalue weighted by Gasteiger charge is -2.07. The van der Waals surface area contributed by atoms with Crippen LogP contribution in [-0.2, 0) is 15.9 Å². The molecule has 1 rings (SSSR count). The number of urea groups is 1. The number of carbonyl (C=O) groups excluding carboxylic acids is 3. The van der Waals surface area contributed by atoms with Crippen LogP contribution < -0.4 is 10.6 Å². The van der Waals surface area contributed by atoms with Gasteiger partial charge >= 0.3 is 18.2 Å². The number of methoxy groups -OCH3 is 1. The second-order valence-electron chi connectivity index (χ2n) is 4.18. The van der Waals surface area contributed by atoms with E-state index in [-0.39, 0.29) is 17.6 Å². The maximum Gasteiger partial charge on any atom is 0.436 e. The Bertz CT molecular complexity index is 621. The predicted molar refractivity (Wildman–Crippen MR) is 86.5 cm³/mol. The van der Waals surface area contributed by atoms with Gasteiger partial charge < -0.3 is 9.47 Å². The highest BCUT2D eigenvalue weighted by atomic mass is 32.2. The van der Waals surface area contributed by atoms with Crippen molar-refractivity contribution in [3.8, 4) is 0 Å². The molecular weight excluding hydrogens is 341 g/mol. The van der Waals surface area contributed by atoms with Crippen molar-refractivity contribution >= 4 is 35.1 Å². The summed E-state index contributed by atoms with van der Waals surface area (Å²) in [7, 11) is 1.10. The van der Waals surface area contributed by atoms with Crippen LogP contribution in [-0.4, -0.2) is 43.4 Å². The van der Waals surface area contributed by atoms with Crippen LogP contribution in [0.1, 0.15) is 5.56 Å². The molecule has 24 heavy (non-hydrogen) atoms. The Morgan fingerprint density at radius 2 is 1.88 bits per heavy atom. The van der Waals surface area contributed by atoms with E-state index in [0.29, 0.717) is 6.42 Å². The molecule has 0 aliphatic rings. The Morgan fingerprint density at radius 3 is 2.46 bits per heavy atom. The van der Waals surface area contributed by atoms with E-state index < -0.39 is 18.2 Å². The highest BCUT2D eigenvalue weighted by Crippen LogP contribution is 2.04. The fraction of sp³-hybridized carbons (Fsp3) is 0.286. The molecule has 10 heteroatoms. The lowest BCUT2D eigenvalue weighted by atomic mass is 10.2. The van der Waals surface area contributed by atoms with Crippen LogP contribution in [0.5, 0.6) is 0 Å². The molecule has 8 nitrogen and oxygen atoms in total. The minimum Gasteiger partial charge on any atom is -0.453 e. The van der Waals surface area contributed by atoms with Crippen LogP contribution in [0.4, 0.5) is 18.8 Å². The van der Waals surface area contributed by atoms with E-state index >= 15 is 0 Å². The van der Waals surface area contributed by atoms with Crippen molar-refractivity contribution in [1.82, 2.24) is 10.6 Å². The first-order valence-electron chi connectivity index (χ1n) is 6.64. The summed E-state index contributed by atoms with van der Waals surface area (Å²) < 4.78 is 21.9. The molecule has 0 unspecified atom stereocenters. The topological polar surface area (TPSA) is 106 Å². The van der Waals surface area contributed by atoms with E-state index in [0.717, 1.165) is 24.4 Å². The number of hydrogen-bond acceptors (Lipinski definition) is 6. The van der Waals surface area contributed by atoms with Crippen molar-refractivity contribution in [2.45, 2.75) is 6.42 Å². The molecular formula is C14H16FN3O5S. The molecule has 0 bridgehead atoms. The van der Waals surface area contributed by atoms with Crippen molar-refractivity contribution in [1.29, 1.82) is 0 Å². The van der Waals surface area contributed by atoms with Crippen molar-refractivity contribution in [2.24, 2.45) is 4.99 Å². The van der Waals surface area contributed by atoms with Gasteiger partial charge in [0, 0.05) is 6.42 Å². The molecule has 0 heterocycles. The highest BCUT2D eigenvalue weighted by Gasteiger charge is 2.11. The number of rotatable bonds is 3. The Labute approximate surface area is 141 Å². The molecule has 0 fully saturated rings. The number of amidine groups is 1. The predicted octanol–water partition coefficient (Wildman–Crippen LogP) is 2.29. The molecule has 1 aromatic carbocycles. The van der Waals surface area contributed by atoms with E-state index in [4.69, 9.17) is 4.74 Å². The van der Waals surface area contributed by atoms with Crippen molar-refractivity contribution in [3.05, 3.63) is 35.6 Å². The fourth-order valence-electron chi connectivity index (χ4n) is 1.42. The van der Waals surface area contributed by atoms with Crippen LogP contribution in [0, 0.1) is 5.82 Å². The zero-order valence-corrected chi connectivity index (χ0v) is 13.8. The van der Waals surface area contributed by atoms with Crippen molar-refractivity contribution < 1.29 is 28.2 Å². The number of nitrogens with zero attached hydrogens (tertiary/aromatic N) is 1. The van der Waals surface area contributed by atoms with E-state index in [1.165, 1.54) is 12.1 Å². The first-order valence-corrected chi connectivity index (χ1v) is 7.87. The summed E-state index contributed by atoms with van der Waals surface area (Å²) in [6.07, 6.45) is 0.116. The molecule has 0 aliphatic heterocycles. The maximum absolute atomic E-state index is 12.8. The lowest BCUT2D eigenvalue weighted by Crippen LogP contribution is -2.41. The molecule has 1 aromatic rings. The molecule has 0 saturated carbocycles. The van der Waals surface area contributed by atoms with Crippen molar-refractivity contribution in [3.63, 3.8) is 0 Å². The largest absolute Gasteiger partial charge is 0.453 e. The van der Waals surface area contributed by atoms with E-state index in [9.17, 15) is 18.8 Å². The number of thioether (sulfide) groups is 1. The second kappa shape index (κ2) is 10.2. The molecule has 0 radical (unpaired) electrons. The Morgan fingerprint density at radius 1 is 1.21 bits per heavy atom. The number of hydrogen-bond donors (Lipinski definition) is 2. The first kappa shape index (κ1) is 19.4. The Hall–Kier alpha value is -2.62. The number of imide groups is 1. The average molecular weight is 357 g/mol. The summed E-state index contributed by atoms with van der Waals surface area (Å²) in [5.41, 5.74) is 0.800. The van der Waals surface area contributed by atoms with Gasteiger partial charge in [-0.3, -0.25) is 5.32 Å². The van der Waals surface area contributed by atoms with Crippen LogP contribution in [0.25, 0.3) is 0 Å². The second-order valence-corrected chi connectivity index (χ2v) is 4.98. The van der Waals surface area contributed by atoms with Gasteiger partial charge in [-0.2, -0.15) is 4.99 Å². The molecule has 0 atom stereocenters. The molecule has 0 spiro atoms. The summed E-state index contributed by atoms with van der Waals surface area (Å²) >= 11 is 0.976. The third-order valence-corrected chi connectivity index (χ3v) is 3.12. The summed E-state index contributed by atoms with van der Waals surface area (Å²) in [5, 5.41) is 3.99. The number of alkyl carbamates (subject to hydrolysis) is 1. The fourth-order valence-corrected chi connectivity index (χ4v) is 1.78. The number of nitrogens with one attached hydrogen (secondary N) is 2. The summed E-state index contributed by atoms with van der Waals surface area (Å²) in [6.45, 7) is 0.0456. The molecule has 130 valence electrons. The van der Waals surface area contributed by atoms with Gasteiger partial charge in [0.25, 0.3) is 0 Å². The smallest absolute Gasteiger partial charge is 0.436 e. The molecule has 2 N–H and O–H groups in total. The number of halogens is 1. The van der Waals surface area contributed by atoms with Crippen LogP contribution in [0.3, 0.4) is 0 Å². The number of amides is 4. The molecule has 4 amide bonds. The summed E-state index contributed by atoms with van der Waals surface area (Å²) in [6, 6.07) is 4.89. The SMILES string of the molecule is COC(=O)NC(=O)N/C(=N/C(=O)OCCc1ccc(F)cc1)SC. The minimum absolute atomic E-state index is 0.0456. The number of ether oxygens (including phenoxy) is 2. The van der Waals surface area contributed by atoms with Gasteiger partial charge in [0.05, 0.1) is 13.7 Å². The van der Waals surface area contributed by atoms with Gasteiger partial charge in [0.2, 0.25) is 0 Å². The molecule has 0 saturated heterocycles. The van der Waals surface area contributed by atoms with E-state index in [2.05, 4.69) is 15.0 Å². The zero-order valence-electron chi connectivity index (χ0n) is 13.0. The third-order valence-electron chi connectivity index (χ3n) is 2.54. The normalized spacial score (nSPS) is 10.7. The van der Waals surface area contributed by atoms with E-state index in [1.807, 2.05) is 5.32 Å². The Balaban J connectivity index is 2.43. The quantitative estimate of drug-likeness (QED) is 0.635. The number of aliphatic imine (C=N–C) groups is 1. The van der Waals surface area contributed by atoms with Gasteiger partial charge in [0.15, 0.2) is 5.17 Å². The molecule has 0 aliphatic carbocycles. The highest BCUT2D eigenvalue weighted by molar-refractivity contribution is 8.13. The van der Waals surface area contributed by atoms with Gasteiger partial charge in [0.1, 0.15) is 5.82 Å². The van der Waals surface area contributed by atoms with E-state index in [1.54, 1.807) is 18.4 Å². The summed E-state index contributed by atoms with van der Waals surface area (Å²) in [5.74, 6) is -0.346. The zero-order chi connectivity index (χ0) is 17.9. The monoisotopic (exact) mass is 357 g/mol. The number of benzene rings is 1. The maximum atomic E-state index is 12.8. The van der Waals surface area contributed by atoms with Crippen molar-refractivity contribution in [2.75, 3.05) is 20.0 Å². The van der Waals surface area contributed by atoms with Gasteiger partial charge in [-0.1, -0.05) is 23.9 Å². The van der Waals surface area contributed by atoms with Crippen LogP contribution >= 0.6 is 11.8 Å². The minimum atomic E-state index is -0.949. The van der Waals surface area contributed by atoms with Gasteiger partial charge in [-0.25, -0.2) is 24.1 Å². The van der Waals surface area contributed by atoms with Crippen LogP contribution in [0.2, 0.25) is 0 Å².